The lowest BCUT2D eigenvalue weighted by molar-refractivity contribution is -0.134. The van der Waals surface area contributed by atoms with E-state index in [0.29, 0.717) is 16.8 Å². The molecule has 1 saturated heterocycles. The molecule has 1 fully saturated rings. The molecular weight excluding hydrogens is 320 g/mol. The summed E-state index contributed by atoms with van der Waals surface area (Å²) in [5.74, 6) is 0.188. The van der Waals surface area contributed by atoms with Crippen molar-refractivity contribution in [2.75, 3.05) is 19.6 Å². The number of nitrogens with one attached hydrogen (secondary N) is 1. The van der Waals surface area contributed by atoms with Gasteiger partial charge in [0.2, 0.25) is 11.8 Å². The lowest BCUT2D eigenvalue weighted by Crippen LogP contribution is -2.44. The van der Waals surface area contributed by atoms with E-state index in [1.165, 1.54) is 10.9 Å². The average molecular weight is 342 g/mol. The van der Waals surface area contributed by atoms with E-state index in [1.54, 1.807) is 29.2 Å². The van der Waals surface area contributed by atoms with Crippen LogP contribution in [0.3, 0.4) is 0 Å². The second-order valence-corrected chi connectivity index (χ2v) is 6.53. The van der Waals surface area contributed by atoms with Crippen LogP contribution in [-0.4, -0.2) is 45.9 Å². The number of para-hydroxylation sites is 1. The highest BCUT2D eigenvalue weighted by molar-refractivity contribution is 5.85. The molecule has 0 saturated carbocycles. The van der Waals surface area contributed by atoms with Gasteiger partial charge in [0.15, 0.2) is 0 Å². The van der Waals surface area contributed by atoms with Gasteiger partial charge in [0, 0.05) is 13.1 Å². The Morgan fingerprint density at radius 3 is 2.72 bits per heavy atom. The van der Waals surface area contributed by atoms with Crippen molar-refractivity contribution in [3.63, 3.8) is 0 Å². The largest absolute Gasteiger partial charge is 0.345 e. The van der Waals surface area contributed by atoms with Crippen molar-refractivity contribution < 1.29 is 9.59 Å². The summed E-state index contributed by atoms with van der Waals surface area (Å²) in [6, 6.07) is 6.99. The van der Waals surface area contributed by atoms with Crippen molar-refractivity contribution in [3.05, 3.63) is 40.9 Å². The number of hydrogen-bond acceptors (Lipinski definition) is 4. The number of piperidine rings is 1. The molecule has 25 heavy (non-hydrogen) atoms. The molecular formula is C18H22N4O3. The molecule has 0 spiro atoms. The standard InChI is InChI=1S/C18H22N4O3/c1-13-6-8-21(9-7-13)17(24)10-19-16(23)11-22-12-20-15-5-3-2-4-14(15)18(22)25/h2-5,12-13H,6-11H2,1H3,(H,19,23). The van der Waals surface area contributed by atoms with E-state index in [-0.39, 0.29) is 30.5 Å². The topological polar surface area (TPSA) is 84.3 Å². The Balaban J connectivity index is 1.57. The number of hydrogen-bond donors (Lipinski definition) is 1. The molecule has 2 amide bonds. The lowest BCUT2D eigenvalue weighted by Gasteiger charge is -2.30. The second-order valence-electron chi connectivity index (χ2n) is 6.53. The maximum atomic E-state index is 12.3. The fraction of sp³-hybridized carbons (Fsp3) is 0.444. The molecule has 3 rings (SSSR count). The monoisotopic (exact) mass is 342 g/mol. The number of aromatic nitrogens is 2. The summed E-state index contributed by atoms with van der Waals surface area (Å²) in [6.45, 7) is 3.47. The van der Waals surface area contributed by atoms with Gasteiger partial charge in [0.05, 0.1) is 23.8 Å². The Morgan fingerprint density at radius 2 is 1.96 bits per heavy atom. The molecule has 1 aromatic heterocycles. The van der Waals surface area contributed by atoms with Crippen molar-refractivity contribution >= 4 is 22.7 Å². The van der Waals surface area contributed by atoms with Crippen LogP contribution in [0.15, 0.2) is 35.4 Å². The predicted octanol–water partition coefficient (Wildman–Crippen LogP) is 0.771. The molecule has 7 heteroatoms. The molecule has 2 aromatic rings. The van der Waals surface area contributed by atoms with Crippen LogP contribution in [0.2, 0.25) is 0 Å². The van der Waals surface area contributed by atoms with Gasteiger partial charge in [-0.1, -0.05) is 19.1 Å². The molecule has 0 unspecified atom stereocenters. The maximum absolute atomic E-state index is 12.3. The van der Waals surface area contributed by atoms with Crippen molar-refractivity contribution in [1.82, 2.24) is 19.8 Å². The van der Waals surface area contributed by atoms with Gasteiger partial charge >= 0.3 is 0 Å². The molecule has 0 atom stereocenters. The zero-order chi connectivity index (χ0) is 17.8. The van der Waals surface area contributed by atoms with E-state index in [1.807, 2.05) is 0 Å². The number of amides is 2. The quantitative estimate of drug-likeness (QED) is 0.889. The summed E-state index contributed by atoms with van der Waals surface area (Å²) in [5, 5.41) is 3.07. The number of fused-ring (bicyclic) bond motifs is 1. The SMILES string of the molecule is CC1CCN(C(=O)CNC(=O)Cn2cnc3ccccc3c2=O)CC1. The minimum atomic E-state index is -0.377. The molecule has 0 aliphatic carbocycles. The highest BCUT2D eigenvalue weighted by Gasteiger charge is 2.20. The van der Waals surface area contributed by atoms with Gasteiger partial charge < -0.3 is 10.2 Å². The van der Waals surface area contributed by atoms with Crippen LogP contribution in [0.1, 0.15) is 19.8 Å². The molecule has 1 aromatic carbocycles. The molecule has 2 heterocycles. The lowest BCUT2D eigenvalue weighted by atomic mass is 9.99. The third-order valence-corrected chi connectivity index (χ3v) is 4.62. The Bertz CT molecular complexity index is 838. The number of rotatable bonds is 4. The fourth-order valence-electron chi connectivity index (χ4n) is 2.97. The summed E-state index contributed by atoms with van der Waals surface area (Å²) in [5.41, 5.74) is 0.329. The van der Waals surface area contributed by atoms with Crippen LogP contribution < -0.4 is 10.9 Å². The summed E-state index contributed by atoms with van der Waals surface area (Å²) in [4.78, 5) is 42.5. The van der Waals surface area contributed by atoms with Crippen LogP contribution in [0.5, 0.6) is 0 Å². The van der Waals surface area contributed by atoms with Crippen molar-refractivity contribution in [1.29, 1.82) is 0 Å². The predicted molar refractivity (Wildman–Crippen MR) is 94.0 cm³/mol. The number of carbonyl (C=O) groups is 2. The molecule has 7 nitrogen and oxygen atoms in total. The van der Waals surface area contributed by atoms with Gasteiger partial charge in [-0.15, -0.1) is 0 Å². The van der Waals surface area contributed by atoms with Gasteiger partial charge in [0.1, 0.15) is 6.54 Å². The first-order valence-corrected chi connectivity index (χ1v) is 8.53. The van der Waals surface area contributed by atoms with Crippen molar-refractivity contribution in [2.24, 2.45) is 5.92 Å². The first kappa shape index (κ1) is 17.1. The van der Waals surface area contributed by atoms with E-state index in [4.69, 9.17) is 0 Å². The summed E-state index contributed by atoms with van der Waals surface area (Å²) >= 11 is 0. The average Bonchev–Trinajstić information content (AvgIpc) is 2.63. The summed E-state index contributed by atoms with van der Waals surface area (Å²) < 4.78 is 1.25. The van der Waals surface area contributed by atoms with Gasteiger partial charge in [-0.2, -0.15) is 0 Å². The number of likely N-dealkylation sites (tertiary alicyclic amines) is 1. The Morgan fingerprint density at radius 1 is 1.24 bits per heavy atom. The smallest absolute Gasteiger partial charge is 0.261 e. The Kier molecular flexibility index (Phi) is 5.11. The fourth-order valence-corrected chi connectivity index (χ4v) is 2.97. The minimum Gasteiger partial charge on any atom is -0.345 e. The zero-order valence-electron chi connectivity index (χ0n) is 14.3. The van der Waals surface area contributed by atoms with Crippen LogP contribution in [0, 0.1) is 5.92 Å². The minimum absolute atomic E-state index is 0.0387. The van der Waals surface area contributed by atoms with Gasteiger partial charge in [-0.3, -0.25) is 19.0 Å². The van der Waals surface area contributed by atoms with Crippen LogP contribution in [0.25, 0.3) is 10.9 Å². The number of benzene rings is 1. The van der Waals surface area contributed by atoms with E-state index in [0.717, 1.165) is 25.9 Å². The van der Waals surface area contributed by atoms with E-state index in [2.05, 4.69) is 17.2 Å². The first-order valence-electron chi connectivity index (χ1n) is 8.53. The van der Waals surface area contributed by atoms with Gasteiger partial charge in [-0.25, -0.2) is 4.98 Å². The first-order chi connectivity index (χ1) is 12.0. The third kappa shape index (κ3) is 4.04. The highest BCUT2D eigenvalue weighted by atomic mass is 16.2. The number of nitrogens with zero attached hydrogens (tertiary/aromatic N) is 3. The van der Waals surface area contributed by atoms with E-state index >= 15 is 0 Å². The summed E-state index contributed by atoms with van der Waals surface area (Å²) in [7, 11) is 0. The highest BCUT2D eigenvalue weighted by Crippen LogP contribution is 2.15. The van der Waals surface area contributed by atoms with E-state index in [9.17, 15) is 14.4 Å². The van der Waals surface area contributed by atoms with Crippen LogP contribution in [-0.2, 0) is 16.1 Å². The van der Waals surface area contributed by atoms with Gasteiger partial charge in [-0.05, 0) is 30.9 Å². The third-order valence-electron chi connectivity index (χ3n) is 4.62. The number of carbonyl (C=O) groups excluding carboxylic acids is 2. The molecule has 1 N–H and O–H groups in total. The molecule has 1 aliphatic heterocycles. The Labute approximate surface area is 145 Å². The molecule has 0 bridgehead atoms. The Hall–Kier alpha value is -2.70. The van der Waals surface area contributed by atoms with Crippen molar-refractivity contribution in [3.8, 4) is 0 Å². The summed E-state index contributed by atoms with van der Waals surface area (Å²) in [6.07, 6.45) is 3.35. The van der Waals surface area contributed by atoms with Crippen molar-refractivity contribution in [2.45, 2.75) is 26.3 Å². The molecule has 0 radical (unpaired) electrons. The van der Waals surface area contributed by atoms with Crippen LogP contribution >= 0.6 is 0 Å². The maximum Gasteiger partial charge on any atom is 0.261 e. The second kappa shape index (κ2) is 7.46. The van der Waals surface area contributed by atoms with E-state index < -0.39 is 0 Å². The normalized spacial score (nSPS) is 15.3. The molecule has 132 valence electrons. The van der Waals surface area contributed by atoms with Gasteiger partial charge in [0.25, 0.3) is 5.56 Å². The molecule has 1 aliphatic rings. The van der Waals surface area contributed by atoms with Crippen LogP contribution in [0.4, 0.5) is 0 Å². The zero-order valence-corrected chi connectivity index (χ0v) is 14.3.